The quantitative estimate of drug-likeness (QED) is 0.777. The zero-order valence-electron chi connectivity index (χ0n) is 13.9. The molecule has 5 nitrogen and oxygen atoms in total. The fourth-order valence-corrected chi connectivity index (χ4v) is 2.67. The predicted octanol–water partition coefficient (Wildman–Crippen LogP) is 2.15. The van der Waals surface area contributed by atoms with E-state index in [1.807, 2.05) is 0 Å². The van der Waals surface area contributed by atoms with E-state index in [2.05, 4.69) is 0 Å². The van der Waals surface area contributed by atoms with Crippen LogP contribution in [0.25, 0.3) is 0 Å². The van der Waals surface area contributed by atoms with Crippen molar-refractivity contribution < 1.29 is 27.6 Å². The van der Waals surface area contributed by atoms with Gasteiger partial charge in [-0.3, -0.25) is 9.59 Å². The van der Waals surface area contributed by atoms with Crippen LogP contribution in [-0.2, 0) is 9.59 Å². The molecule has 2 amide bonds. The summed E-state index contributed by atoms with van der Waals surface area (Å²) in [6.07, 6.45) is 0.752. The average molecular weight is 356 g/mol. The number of carbonyl (C=O) groups excluding carboxylic acids is 3. The third kappa shape index (κ3) is 4.58. The normalized spacial score (nSPS) is 15.0. The molecule has 0 spiro atoms. The summed E-state index contributed by atoms with van der Waals surface area (Å²) in [6.45, 7) is 2.50. The average Bonchev–Trinajstić information content (AvgIpc) is 2.83. The second-order valence-electron chi connectivity index (χ2n) is 5.95. The van der Waals surface area contributed by atoms with E-state index in [0.717, 1.165) is 6.07 Å². The molecule has 1 aliphatic rings. The van der Waals surface area contributed by atoms with Gasteiger partial charge in [0.25, 0.3) is 5.91 Å². The molecule has 1 heterocycles. The lowest BCUT2D eigenvalue weighted by Crippen LogP contribution is -2.37. The number of rotatable bonds is 4. The highest BCUT2D eigenvalue weighted by molar-refractivity contribution is 5.94. The standard InChI is InChI=1S/C17H19F3N2O3/c1-11(23)3-6-14(24)21-7-2-8-22(10-9-21)17(25)12-4-5-13(18)16(20)15(12)19/h4-5H,2-3,6-10H2,1H3. The molecule has 25 heavy (non-hydrogen) atoms. The van der Waals surface area contributed by atoms with Gasteiger partial charge in [0.1, 0.15) is 5.78 Å². The second kappa shape index (κ2) is 8.13. The van der Waals surface area contributed by atoms with Crippen molar-refractivity contribution >= 4 is 17.6 Å². The van der Waals surface area contributed by atoms with Gasteiger partial charge in [0.05, 0.1) is 5.56 Å². The number of nitrogens with zero attached hydrogens (tertiary/aromatic N) is 2. The minimum absolute atomic E-state index is 0.0752. The Bertz CT molecular complexity index is 694. The number of hydrogen-bond donors (Lipinski definition) is 0. The van der Waals surface area contributed by atoms with Gasteiger partial charge in [-0.15, -0.1) is 0 Å². The van der Waals surface area contributed by atoms with Crippen LogP contribution in [0.2, 0.25) is 0 Å². The summed E-state index contributed by atoms with van der Waals surface area (Å²) in [5.41, 5.74) is -0.532. The molecule has 0 N–H and O–H groups in total. The Kier molecular flexibility index (Phi) is 6.17. The van der Waals surface area contributed by atoms with Crippen molar-refractivity contribution in [2.24, 2.45) is 0 Å². The van der Waals surface area contributed by atoms with Crippen LogP contribution in [0.5, 0.6) is 0 Å². The van der Waals surface area contributed by atoms with Crippen LogP contribution in [0, 0.1) is 17.5 Å². The molecule has 0 aromatic heterocycles. The van der Waals surface area contributed by atoms with E-state index >= 15 is 0 Å². The molecule has 0 saturated carbocycles. The summed E-state index contributed by atoms with van der Waals surface area (Å²) in [7, 11) is 0. The first-order chi connectivity index (χ1) is 11.8. The second-order valence-corrected chi connectivity index (χ2v) is 5.95. The lowest BCUT2D eigenvalue weighted by molar-refractivity contribution is -0.132. The molecule has 8 heteroatoms. The number of Topliss-reactive ketones (excluding diaryl/α,β-unsaturated/α-hetero) is 1. The summed E-state index contributed by atoms with van der Waals surface area (Å²) >= 11 is 0. The van der Waals surface area contributed by atoms with Crippen LogP contribution in [0.4, 0.5) is 13.2 Å². The zero-order valence-corrected chi connectivity index (χ0v) is 13.9. The largest absolute Gasteiger partial charge is 0.341 e. The first-order valence-electron chi connectivity index (χ1n) is 8.01. The van der Waals surface area contributed by atoms with E-state index in [1.165, 1.54) is 11.8 Å². The van der Waals surface area contributed by atoms with Crippen molar-refractivity contribution in [3.8, 4) is 0 Å². The third-order valence-corrected chi connectivity index (χ3v) is 4.09. The van der Waals surface area contributed by atoms with Crippen molar-refractivity contribution in [3.05, 3.63) is 35.1 Å². The highest BCUT2D eigenvalue weighted by Gasteiger charge is 2.26. The van der Waals surface area contributed by atoms with Gasteiger partial charge in [-0.2, -0.15) is 0 Å². The van der Waals surface area contributed by atoms with Crippen LogP contribution in [0.15, 0.2) is 12.1 Å². The maximum atomic E-state index is 13.8. The molecule has 1 saturated heterocycles. The van der Waals surface area contributed by atoms with Gasteiger partial charge in [-0.05, 0) is 25.5 Å². The summed E-state index contributed by atoms with van der Waals surface area (Å²) in [5, 5.41) is 0. The highest BCUT2D eigenvalue weighted by Crippen LogP contribution is 2.18. The van der Waals surface area contributed by atoms with Gasteiger partial charge >= 0.3 is 0 Å². The number of amides is 2. The van der Waals surface area contributed by atoms with Crippen molar-refractivity contribution in [1.29, 1.82) is 0 Å². The Morgan fingerprint density at radius 1 is 0.920 bits per heavy atom. The lowest BCUT2D eigenvalue weighted by atomic mass is 10.1. The van der Waals surface area contributed by atoms with Gasteiger partial charge in [0, 0.05) is 39.0 Å². The van der Waals surface area contributed by atoms with Gasteiger partial charge in [0.15, 0.2) is 17.5 Å². The molecule has 1 aliphatic heterocycles. The maximum absolute atomic E-state index is 13.8. The van der Waals surface area contributed by atoms with Gasteiger partial charge in [-0.1, -0.05) is 0 Å². The molecule has 1 aromatic rings. The van der Waals surface area contributed by atoms with E-state index in [0.29, 0.717) is 19.0 Å². The lowest BCUT2D eigenvalue weighted by Gasteiger charge is -2.22. The summed E-state index contributed by atoms with van der Waals surface area (Å²) < 4.78 is 40.1. The van der Waals surface area contributed by atoms with Crippen LogP contribution < -0.4 is 0 Å². The molecule has 1 fully saturated rings. The van der Waals surface area contributed by atoms with E-state index < -0.39 is 28.9 Å². The molecule has 0 radical (unpaired) electrons. The van der Waals surface area contributed by atoms with E-state index in [-0.39, 0.29) is 44.2 Å². The number of benzene rings is 1. The minimum atomic E-state index is -1.68. The Morgan fingerprint density at radius 2 is 1.56 bits per heavy atom. The number of halogens is 3. The monoisotopic (exact) mass is 356 g/mol. The molecule has 0 atom stereocenters. The molecular formula is C17H19F3N2O3. The number of ketones is 1. The Hall–Kier alpha value is -2.38. The Labute approximate surface area is 143 Å². The van der Waals surface area contributed by atoms with E-state index in [1.54, 1.807) is 4.90 Å². The van der Waals surface area contributed by atoms with Crippen LogP contribution >= 0.6 is 0 Å². The molecule has 0 bridgehead atoms. The molecule has 0 unspecified atom stereocenters. The zero-order chi connectivity index (χ0) is 18.6. The smallest absolute Gasteiger partial charge is 0.257 e. The van der Waals surface area contributed by atoms with Gasteiger partial charge in [-0.25, -0.2) is 13.2 Å². The topological polar surface area (TPSA) is 57.7 Å². The number of hydrogen-bond acceptors (Lipinski definition) is 3. The molecular weight excluding hydrogens is 337 g/mol. The third-order valence-electron chi connectivity index (χ3n) is 4.09. The van der Waals surface area contributed by atoms with Crippen LogP contribution in [0.3, 0.4) is 0 Å². The summed E-state index contributed by atoms with van der Waals surface area (Å²) in [6, 6.07) is 1.62. The van der Waals surface area contributed by atoms with Crippen LogP contribution in [0.1, 0.15) is 36.5 Å². The number of carbonyl (C=O) groups is 3. The van der Waals surface area contributed by atoms with Crippen molar-refractivity contribution in [2.45, 2.75) is 26.2 Å². The molecule has 136 valence electrons. The van der Waals surface area contributed by atoms with Gasteiger partial charge in [0.2, 0.25) is 5.91 Å². The fourth-order valence-electron chi connectivity index (χ4n) is 2.67. The molecule has 0 aliphatic carbocycles. The first-order valence-corrected chi connectivity index (χ1v) is 8.01. The summed E-state index contributed by atoms with van der Waals surface area (Å²) in [4.78, 5) is 38.3. The van der Waals surface area contributed by atoms with Crippen molar-refractivity contribution in [1.82, 2.24) is 9.80 Å². The Balaban J connectivity index is 2.03. The van der Waals surface area contributed by atoms with Crippen molar-refractivity contribution in [2.75, 3.05) is 26.2 Å². The SMILES string of the molecule is CC(=O)CCC(=O)N1CCCN(C(=O)c2ccc(F)c(F)c2F)CC1. The van der Waals surface area contributed by atoms with Crippen molar-refractivity contribution in [3.63, 3.8) is 0 Å². The van der Waals surface area contributed by atoms with E-state index in [9.17, 15) is 27.6 Å². The molecule has 1 aromatic carbocycles. The van der Waals surface area contributed by atoms with E-state index in [4.69, 9.17) is 0 Å². The maximum Gasteiger partial charge on any atom is 0.257 e. The highest BCUT2D eigenvalue weighted by atomic mass is 19.2. The summed E-state index contributed by atoms with van der Waals surface area (Å²) in [5.74, 6) is -5.54. The fraction of sp³-hybridized carbons (Fsp3) is 0.471. The predicted molar refractivity (Wildman–Crippen MR) is 83.3 cm³/mol. The molecule has 2 rings (SSSR count). The van der Waals surface area contributed by atoms with Crippen LogP contribution in [-0.4, -0.2) is 53.6 Å². The van der Waals surface area contributed by atoms with Gasteiger partial charge < -0.3 is 14.6 Å². The first kappa shape index (κ1) is 19.0. The Morgan fingerprint density at radius 3 is 2.24 bits per heavy atom. The minimum Gasteiger partial charge on any atom is -0.341 e.